The van der Waals surface area contributed by atoms with E-state index in [1.165, 1.54) is 11.8 Å². The van der Waals surface area contributed by atoms with Gasteiger partial charge in [-0.2, -0.15) is 11.8 Å². The van der Waals surface area contributed by atoms with Crippen LogP contribution >= 0.6 is 23.5 Å². The summed E-state index contributed by atoms with van der Waals surface area (Å²) in [5, 5.41) is 9.60. The summed E-state index contributed by atoms with van der Waals surface area (Å²) in [5.41, 5.74) is 1.79. The van der Waals surface area contributed by atoms with Crippen molar-refractivity contribution in [2.45, 2.75) is 18.6 Å². The van der Waals surface area contributed by atoms with Crippen LogP contribution in [-0.4, -0.2) is 45.0 Å². The third-order valence-corrected chi connectivity index (χ3v) is 4.40. The third kappa shape index (κ3) is 3.85. The van der Waals surface area contributed by atoms with Gasteiger partial charge in [0.25, 0.3) is 0 Å². The average Bonchev–Trinajstić information content (AvgIpc) is 2.82. The Labute approximate surface area is 132 Å². The maximum atomic E-state index is 10.8. The Morgan fingerprint density at radius 3 is 2.95 bits per heavy atom. The maximum Gasteiger partial charge on any atom is 0.313 e. The van der Waals surface area contributed by atoms with Crippen LogP contribution in [0.25, 0.3) is 11.0 Å². The van der Waals surface area contributed by atoms with E-state index in [2.05, 4.69) is 15.8 Å². The lowest BCUT2D eigenvalue weighted by Crippen LogP contribution is -2.04. The van der Waals surface area contributed by atoms with Crippen LogP contribution in [0, 0.1) is 0 Å². The number of carbonyl (C=O) groups is 1. The van der Waals surface area contributed by atoms with Crippen molar-refractivity contribution < 1.29 is 14.6 Å². The number of carboxylic acid groups (broad SMARTS) is 1. The number of para-hydroxylation sites is 1. The van der Waals surface area contributed by atoms with Crippen LogP contribution in [0.1, 0.15) is 6.92 Å². The van der Waals surface area contributed by atoms with Gasteiger partial charge >= 0.3 is 5.97 Å². The molecule has 1 aromatic heterocycles. The highest BCUT2D eigenvalue weighted by Crippen LogP contribution is 2.30. The van der Waals surface area contributed by atoms with Crippen LogP contribution in [0.15, 0.2) is 23.4 Å². The number of hydrogen-bond donors (Lipinski definition) is 1. The minimum atomic E-state index is -0.839. The first-order valence-corrected chi connectivity index (χ1v) is 9.01. The molecule has 2 rings (SSSR count). The summed E-state index contributed by atoms with van der Waals surface area (Å²) in [7, 11) is 0. The van der Waals surface area contributed by atoms with Gasteiger partial charge in [-0.3, -0.25) is 4.79 Å². The highest BCUT2D eigenvalue weighted by molar-refractivity contribution is 7.99. The molecule has 21 heavy (non-hydrogen) atoms. The van der Waals surface area contributed by atoms with Gasteiger partial charge in [-0.15, -0.1) is 0 Å². The van der Waals surface area contributed by atoms with E-state index in [-0.39, 0.29) is 5.75 Å². The van der Waals surface area contributed by atoms with Crippen molar-refractivity contribution in [1.29, 1.82) is 0 Å². The number of aryl methyl sites for hydroxylation is 1. The highest BCUT2D eigenvalue weighted by Gasteiger charge is 2.15. The van der Waals surface area contributed by atoms with Crippen LogP contribution in [-0.2, 0) is 11.3 Å². The molecule has 114 valence electrons. The molecule has 0 bridgehead atoms. The van der Waals surface area contributed by atoms with Gasteiger partial charge < -0.3 is 14.4 Å². The molecule has 1 N–H and O–H groups in total. The molecule has 0 unspecified atom stereocenters. The van der Waals surface area contributed by atoms with E-state index >= 15 is 0 Å². The van der Waals surface area contributed by atoms with Crippen LogP contribution < -0.4 is 4.74 Å². The molecule has 0 saturated heterocycles. The third-order valence-electron chi connectivity index (χ3n) is 2.85. The number of ether oxygens (including phenoxy) is 1. The highest BCUT2D eigenvalue weighted by atomic mass is 32.2. The molecule has 1 aromatic carbocycles. The van der Waals surface area contributed by atoms with Crippen molar-refractivity contribution in [3.63, 3.8) is 0 Å². The van der Waals surface area contributed by atoms with E-state index in [4.69, 9.17) is 9.84 Å². The molecular weight excluding hydrogens is 308 g/mol. The summed E-state index contributed by atoms with van der Waals surface area (Å²) < 4.78 is 7.68. The molecule has 0 aliphatic heterocycles. The number of rotatable bonds is 8. The second-order valence-electron chi connectivity index (χ2n) is 4.28. The zero-order valence-electron chi connectivity index (χ0n) is 12.0. The lowest BCUT2D eigenvalue weighted by Gasteiger charge is -2.07. The predicted octanol–water partition coefficient (Wildman–Crippen LogP) is 2.97. The Balaban J connectivity index is 2.43. The van der Waals surface area contributed by atoms with E-state index in [0.717, 1.165) is 34.2 Å². The fraction of sp³-hybridized carbons (Fsp3) is 0.429. The first-order valence-electron chi connectivity index (χ1n) is 6.63. The van der Waals surface area contributed by atoms with Crippen molar-refractivity contribution in [3.8, 4) is 5.75 Å². The largest absolute Gasteiger partial charge is 0.492 e. The van der Waals surface area contributed by atoms with Gasteiger partial charge in [0.15, 0.2) is 5.16 Å². The molecule has 5 nitrogen and oxygen atoms in total. The van der Waals surface area contributed by atoms with E-state index in [9.17, 15) is 4.79 Å². The minimum Gasteiger partial charge on any atom is -0.492 e. The van der Waals surface area contributed by atoms with Crippen molar-refractivity contribution in [2.75, 3.05) is 24.4 Å². The Hall–Kier alpha value is -1.34. The van der Waals surface area contributed by atoms with Crippen LogP contribution in [0.5, 0.6) is 5.75 Å². The maximum absolute atomic E-state index is 10.8. The Morgan fingerprint density at radius 2 is 2.29 bits per heavy atom. The van der Waals surface area contributed by atoms with Crippen LogP contribution in [0.4, 0.5) is 0 Å². The summed E-state index contributed by atoms with van der Waals surface area (Å²) in [4.78, 5) is 15.4. The topological polar surface area (TPSA) is 64.3 Å². The Morgan fingerprint density at radius 1 is 1.48 bits per heavy atom. The molecule has 0 atom stereocenters. The number of aliphatic carboxylic acids is 1. The van der Waals surface area contributed by atoms with Crippen molar-refractivity contribution in [2.24, 2.45) is 0 Å². The van der Waals surface area contributed by atoms with Crippen molar-refractivity contribution >= 4 is 40.5 Å². The first kappa shape index (κ1) is 16.0. The monoisotopic (exact) mass is 326 g/mol. The van der Waals surface area contributed by atoms with Gasteiger partial charge in [0.2, 0.25) is 0 Å². The summed E-state index contributed by atoms with van der Waals surface area (Å²) in [5.74, 6) is 0.862. The predicted molar refractivity (Wildman–Crippen MR) is 87.6 cm³/mol. The van der Waals surface area contributed by atoms with Crippen LogP contribution in [0.2, 0.25) is 0 Å². The quantitative estimate of drug-likeness (QED) is 0.752. The van der Waals surface area contributed by atoms with E-state index in [0.29, 0.717) is 6.61 Å². The number of carboxylic acids is 1. The number of thioether (sulfide) groups is 2. The zero-order valence-corrected chi connectivity index (χ0v) is 13.7. The summed E-state index contributed by atoms with van der Waals surface area (Å²) in [6.07, 6.45) is 2.05. The number of hydrogen-bond acceptors (Lipinski definition) is 5. The fourth-order valence-electron chi connectivity index (χ4n) is 2.01. The summed E-state index contributed by atoms with van der Waals surface area (Å²) in [6, 6.07) is 5.83. The zero-order chi connectivity index (χ0) is 15.2. The molecule has 0 aliphatic carbocycles. The van der Waals surface area contributed by atoms with Crippen LogP contribution in [0.3, 0.4) is 0 Å². The van der Waals surface area contributed by atoms with E-state index in [1.807, 2.05) is 25.1 Å². The standard InChI is InChI=1S/C14H18N2O3S2/c1-3-19-11-6-4-5-10-13(11)15-14(21-9-12(17)18)16(10)7-8-20-2/h4-6H,3,7-9H2,1-2H3,(H,17,18). The van der Waals surface area contributed by atoms with Crippen molar-refractivity contribution in [1.82, 2.24) is 9.55 Å². The number of imidazole rings is 1. The van der Waals surface area contributed by atoms with Gasteiger partial charge in [-0.25, -0.2) is 4.98 Å². The lowest BCUT2D eigenvalue weighted by atomic mass is 10.3. The first-order chi connectivity index (χ1) is 10.2. The molecule has 0 amide bonds. The molecule has 0 spiro atoms. The van der Waals surface area contributed by atoms with Gasteiger partial charge in [0, 0.05) is 12.3 Å². The molecule has 0 fully saturated rings. The second kappa shape index (κ2) is 7.61. The number of nitrogens with zero attached hydrogens (tertiary/aromatic N) is 2. The normalized spacial score (nSPS) is 11.0. The van der Waals surface area contributed by atoms with E-state index < -0.39 is 5.97 Å². The summed E-state index contributed by atoms with van der Waals surface area (Å²) in [6.45, 7) is 3.31. The molecule has 2 aromatic rings. The van der Waals surface area contributed by atoms with Gasteiger partial charge in [-0.1, -0.05) is 17.8 Å². The molecule has 0 aliphatic rings. The van der Waals surface area contributed by atoms with Gasteiger partial charge in [0.05, 0.1) is 17.9 Å². The minimum absolute atomic E-state index is 0.00651. The van der Waals surface area contributed by atoms with Gasteiger partial charge in [0.1, 0.15) is 11.3 Å². The van der Waals surface area contributed by atoms with E-state index in [1.54, 1.807) is 11.8 Å². The van der Waals surface area contributed by atoms with Crippen molar-refractivity contribution in [3.05, 3.63) is 18.2 Å². The number of aromatic nitrogens is 2. The summed E-state index contributed by atoms with van der Waals surface area (Å²) >= 11 is 3.00. The molecule has 0 radical (unpaired) electrons. The van der Waals surface area contributed by atoms with Gasteiger partial charge in [-0.05, 0) is 25.3 Å². The number of benzene rings is 1. The Kier molecular flexibility index (Phi) is 5.81. The molecular formula is C14H18N2O3S2. The SMILES string of the molecule is CCOc1cccc2c1nc(SCC(=O)O)n2CCSC. The second-order valence-corrected chi connectivity index (χ2v) is 6.21. The smallest absolute Gasteiger partial charge is 0.313 e. The lowest BCUT2D eigenvalue weighted by molar-refractivity contribution is -0.133. The number of fused-ring (bicyclic) bond motifs is 1. The fourth-order valence-corrected chi connectivity index (χ4v) is 3.13. The Bertz CT molecular complexity index is 628. The molecule has 7 heteroatoms. The molecule has 0 saturated carbocycles. The average molecular weight is 326 g/mol. The molecule has 1 heterocycles.